The Labute approximate surface area is 82.5 Å². The summed E-state index contributed by atoms with van der Waals surface area (Å²) in [5.41, 5.74) is 5.60. The van der Waals surface area contributed by atoms with Crippen LogP contribution in [0.1, 0.15) is 33.1 Å². The zero-order valence-electron chi connectivity index (χ0n) is 9.13. The van der Waals surface area contributed by atoms with Crippen LogP contribution in [0.5, 0.6) is 0 Å². The van der Waals surface area contributed by atoms with Crippen LogP contribution in [-0.2, 0) is 0 Å². The minimum atomic E-state index is 0.770. The van der Waals surface area contributed by atoms with Crippen LogP contribution in [0.15, 0.2) is 0 Å². The van der Waals surface area contributed by atoms with E-state index in [1.807, 2.05) is 0 Å². The summed E-state index contributed by atoms with van der Waals surface area (Å²) in [5.74, 6) is 1.75. The number of nitrogens with zero attached hydrogens (tertiary/aromatic N) is 1. The van der Waals surface area contributed by atoms with Gasteiger partial charge in [0.05, 0.1) is 0 Å². The van der Waals surface area contributed by atoms with Crippen molar-refractivity contribution >= 4 is 0 Å². The van der Waals surface area contributed by atoms with Gasteiger partial charge in [-0.3, -0.25) is 0 Å². The predicted octanol–water partition coefficient (Wildman–Crippen LogP) is 1.70. The van der Waals surface area contributed by atoms with Gasteiger partial charge in [0.1, 0.15) is 0 Å². The molecule has 1 saturated carbocycles. The normalized spacial score (nSPS) is 18.2. The first-order valence-corrected chi connectivity index (χ1v) is 5.64. The maximum absolute atomic E-state index is 5.60. The lowest BCUT2D eigenvalue weighted by atomic mass is 9.85. The third-order valence-corrected chi connectivity index (χ3v) is 2.81. The molecule has 1 aliphatic rings. The lowest BCUT2D eigenvalue weighted by Crippen LogP contribution is -2.38. The fourth-order valence-corrected chi connectivity index (χ4v) is 2.00. The van der Waals surface area contributed by atoms with Crippen molar-refractivity contribution in [3.63, 3.8) is 0 Å². The minimum Gasteiger partial charge on any atom is -0.329 e. The summed E-state index contributed by atoms with van der Waals surface area (Å²) in [6.07, 6.45) is 4.33. The molecule has 0 heterocycles. The van der Waals surface area contributed by atoms with E-state index in [2.05, 4.69) is 18.7 Å². The second-order valence-electron chi connectivity index (χ2n) is 4.74. The topological polar surface area (TPSA) is 29.3 Å². The molecule has 0 aliphatic heterocycles. The molecule has 2 heteroatoms. The van der Waals surface area contributed by atoms with Gasteiger partial charge in [-0.05, 0) is 24.7 Å². The van der Waals surface area contributed by atoms with Crippen LogP contribution >= 0.6 is 0 Å². The molecule has 0 bridgehead atoms. The van der Waals surface area contributed by atoms with E-state index in [0.29, 0.717) is 0 Å². The smallest absolute Gasteiger partial charge is 0.0105 e. The standard InChI is InChI=1S/C11H24N2/c1-10(2)8-13(7-6-12)9-11-4-3-5-11/h10-11H,3-9,12H2,1-2H3. The van der Waals surface area contributed by atoms with Gasteiger partial charge in [0.25, 0.3) is 0 Å². The number of hydrogen-bond acceptors (Lipinski definition) is 2. The molecule has 0 radical (unpaired) electrons. The molecular formula is C11H24N2. The molecule has 0 saturated heterocycles. The van der Waals surface area contributed by atoms with E-state index < -0.39 is 0 Å². The van der Waals surface area contributed by atoms with Gasteiger partial charge in [0.2, 0.25) is 0 Å². The molecule has 1 rings (SSSR count). The first kappa shape index (κ1) is 11.0. The second kappa shape index (κ2) is 5.61. The molecule has 1 fully saturated rings. The molecule has 13 heavy (non-hydrogen) atoms. The van der Waals surface area contributed by atoms with Crippen molar-refractivity contribution in [2.75, 3.05) is 26.2 Å². The Bertz CT molecular complexity index is 130. The summed E-state index contributed by atoms with van der Waals surface area (Å²) < 4.78 is 0. The van der Waals surface area contributed by atoms with E-state index in [0.717, 1.165) is 24.9 Å². The number of rotatable bonds is 6. The molecule has 2 nitrogen and oxygen atoms in total. The Morgan fingerprint density at radius 1 is 1.38 bits per heavy atom. The van der Waals surface area contributed by atoms with Gasteiger partial charge in [-0.25, -0.2) is 0 Å². The lowest BCUT2D eigenvalue weighted by molar-refractivity contribution is 0.167. The van der Waals surface area contributed by atoms with Crippen molar-refractivity contribution in [2.24, 2.45) is 17.6 Å². The average molecular weight is 184 g/mol. The highest BCUT2D eigenvalue weighted by molar-refractivity contribution is 4.74. The number of nitrogens with two attached hydrogens (primary N) is 1. The first-order chi connectivity index (χ1) is 6.22. The summed E-state index contributed by atoms with van der Waals surface area (Å²) in [7, 11) is 0. The molecule has 78 valence electrons. The van der Waals surface area contributed by atoms with E-state index in [4.69, 9.17) is 5.73 Å². The number of hydrogen-bond donors (Lipinski definition) is 1. The Kier molecular flexibility index (Phi) is 4.74. The van der Waals surface area contributed by atoms with Gasteiger partial charge >= 0.3 is 0 Å². The van der Waals surface area contributed by atoms with E-state index in [9.17, 15) is 0 Å². The maximum atomic E-state index is 5.60. The van der Waals surface area contributed by atoms with Gasteiger partial charge < -0.3 is 10.6 Å². The van der Waals surface area contributed by atoms with Crippen molar-refractivity contribution in [2.45, 2.75) is 33.1 Å². The van der Waals surface area contributed by atoms with Gasteiger partial charge in [-0.15, -0.1) is 0 Å². The molecular weight excluding hydrogens is 160 g/mol. The van der Waals surface area contributed by atoms with Crippen molar-refractivity contribution in [3.8, 4) is 0 Å². The van der Waals surface area contributed by atoms with E-state index in [1.54, 1.807) is 0 Å². The summed E-state index contributed by atoms with van der Waals surface area (Å²) in [5, 5.41) is 0. The molecule has 2 N–H and O–H groups in total. The minimum absolute atomic E-state index is 0.770. The van der Waals surface area contributed by atoms with Crippen molar-refractivity contribution in [3.05, 3.63) is 0 Å². The molecule has 0 atom stereocenters. The Balaban J connectivity index is 2.19. The summed E-state index contributed by atoms with van der Waals surface area (Å²) in [6.45, 7) is 8.95. The van der Waals surface area contributed by atoms with Gasteiger partial charge in [-0.2, -0.15) is 0 Å². The zero-order valence-corrected chi connectivity index (χ0v) is 9.13. The predicted molar refractivity (Wildman–Crippen MR) is 57.7 cm³/mol. The summed E-state index contributed by atoms with van der Waals surface area (Å²) >= 11 is 0. The Hall–Kier alpha value is -0.0800. The van der Waals surface area contributed by atoms with Crippen LogP contribution in [0, 0.1) is 11.8 Å². The highest BCUT2D eigenvalue weighted by Gasteiger charge is 2.20. The highest BCUT2D eigenvalue weighted by atomic mass is 15.1. The second-order valence-corrected chi connectivity index (χ2v) is 4.74. The largest absolute Gasteiger partial charge is 0.329 e. The van der Waals surface area contributed by atoms with Crippen molar-refractivity contribution < 1.29 is 0 Å². The van der Waals surface area contributed by atoms with E-state index in [1.165, 1.54) is 32.4 Å². The van der Waals surface area contributed by atoms with Crippen LogP contribution < -0.4 is 5.73 Å². The third kappa shape index (κ3) is 4.10. The van der Waals surface area contributed by atoms with Crippen molar-refractivity contribution in [1.82, 2.24) is 4.90 Å². The summed E-state index contributed by atoms with van der Waals surface area (Å²) in [6, 6.07) is 0. The molecule has 0 aromatic carbocycles. The van der Waals surface area contributed by atoms with E-state index in [-0.39, 0.29) is 0 Å². The highest BCUT2D eigenvalue weighted by Crippen LogP contribution is 2.27. The molecule has 0 spiro atoms. The fourth-order valence-electron chi connectivity index (χ4n) is 2.00. The van der Waals surface area contributed by atoms with Crippen LogP contribution in [0.2, 0.25) is 0 Å². The SMILES string of the molecule is CC(C)CN(CCN)CC1CCC1. The molecule has 0 aromatic rings. The Morgan fingerprint density at radius 2 is 2.08 bits per heavy atom. The van der Waals surface area contributed by atoms with Gasteiger partial charge in [0, 0.05) is 26.2 Å². The van der Waals surface area contributed by atoms with E-state index >= 15 is 0 Å². The molecule has 1 aliphatic carbocycles. The molecule has 0 aromatic heterocycles. The monoisotopic (exact) mass is 184 g/mol. The first-order valence-electron chi connectivity index (χ1n) is 5.64. The maximum Gasteiger partial charge on any atom is 0.0105 e. The quantitative estimate of drug-likeness (QED) is 0.681. The molecule has 0 unspecified atom stereocenters. The van der Waals surface area contributed by atoms with Crippen molar-refractivity contribution in [1.29, 1.82) is 0 Å². The Morgan fingerprint density at radius 3 is 2.46 bits per heavy atom. The summed E-state index contributed by atoms with van der Waals surface area (Å²) in [4.78, 5) is 2.54. The fraction of sp³-hybridized carbons (Fsp3) is 1.00. The lowest BCUT2D eigenvalue weighted by Gasteiger charge is -2.33. The van der Waals surface area contributed by atoms with Crippen LogP contribution in [0.4, 0.5) is 0 Å². The van der Waals surface area contributed by atoms with Gasteiger partial charge in [-0.1, -0.05) is 20.3 Å². The average Bonchev–Trinajstić information content (AvgIpc) is 1.96. The van der Waals surface area contributed by atoms with Crippen LogP contribution in [0.25, 0.3) is 0 Å². The zero-order chi connectivity index (χ0) is 9.68. The van der Waals surface area contributed by atoms with Crippen LogP contribution in [-0.4, -0.2) is 31.1 Å². The third-order valence-electron chi connectivity index (χ3n) is 2.81. The van der Waals surface area contributed by atoms with Gasteiger partial charge in [0.15, 0.2) is 0 Å². The molecule has 0 amide bonds. The van der Waals surface area contributed by atoms with Crippen LogP contribution in [0.3, 0.4) is 0 Å².